The van der Waals surface area contributed by atoms with Gasteiger partial charge in [-0.1, -0.05) is 0 Å². The Labute approximate surface area is 93.3 Å². The number of aromatic nitrogens is 1. The second-order valence-electron chi connectivity index (χ2n) is 3.12. The molecule has 1 aromatic rings. The molecule has 6 nitrogen and oxygen atoms in total. The van der Waals surface area contributed by atoms with Crippen LogP contribution in [0.2, 0.25) is 0 Å². The van der Waals surface area contributed by atoms with Gasteiger partial charge >= 0.3 is 0 Å². The lowest BCUT2D eigenvalue weighted by Gasteiger charge is -2.19. The van der Waals surface area contributed by atoms with Crippen LogP contribution in [0.5, 0.6) is 0 Å². The lowest BCUT2D eigenvalue weighted by atomic mass is 10.3. The molecule has 6 heteroatoms. The number of nitrogens with zero attached hydrogens (tertiary/aromatic N) is 4. The van der Waals surface area contributed by atoms with Gasteiger partial charge in [0, 0.05) is 25.4 Å². The van der Waals surface area contributed by atoms with Crippen molar-refractivity contribution in [3.63, 3.8) is 0 Å². The summed E-state index contributed by atoms with van der Waals surface area (Å²) in [6.07, 6.45) is 1.78. The van der Waals surface area contributed by atoms with Crippen LogP contribution in [-0.4, -0.2) is 23.0 Å². The Balaban J connectivity index is 2.88. The minimum atomic E-state index is -0.455. The maximum Gasteiger partial charge on any atom is 0.274 e. The smallest absolute Gasteiger partial charge is 0.274 e. The van der Waals surface area contributed by atoms with E-state index >= 15 is 0 Å². The number of pyridine rings is 1. The van der Waals surface area contributed by atoms with E-state index in [2.05, 4.69) is 4.98 Å². The number of hydrogen-bond acceptors (Lipinski definition) is 5. The molecule has 0 aromatic carbocycles. The monoisotopic (exact) mass is 220 g/mol. The molecule has 0 N–H and O–H groups in total. The van der Waals surface area contributed by atoms with Gasteiger partial charge in [-0.05, 0) is 6.92 Å². The van der Waals surface area contributed by atoms with E-state index in [9.17, 15) is 10.1 Å². The molecule has 0 aliphatic heterocycles. The molecule has 0 atom stereocenters. The summed E-state index contributed by atoms with van der Waals surface area (Å²) < 4.78 is 0. The second kappa shape index (κ2) is 5.66. The first kappa shape index (κ1) is 11.9. The van der Waals surface area contributed by atoms with Crippen molar-refractivity contribution in [2.24, 2.45) is 0 Å². The van der Waals surface area contributed by atoms with Gasteiger partial charge in [0.15, 0.2) is 0 Å². The van der Waals surface area contributed by atoms with Crippen molar-refractivity contribution in [2.45, 2.75) is 13.3 Å². The Morgan fingerprint density at radius 1 is 1.69 bits per heavy atom. The number of hydrogen-bond donors (Lipinski definition) is 0. The van der Waals surface area contributed by atoms with Gasteiger partial charge in [-0.3, -0.25) is 10.1 Å². The highest BCUT2D eigenvalue weighted by Crippen LogP contribution is 2.17. The molecule has 1 heterocycles. The number of rotatable bonds is 5. The summed E-state index contributed by atoms with van der Waals surface area (Å²) in [7, 11) is 0. The van der Waals surface area contributed by atoms with Crippen molar-refractivity contribution < 1.29 is 4.92 Å². The molecule has 1 rings (SSSR count). The van der Waals surface area contributed by atoms with Crippen molar-refractivity contribution >= 4 is 11.5 Å². The maximum atomic E-state index is 10.6. The van der Waals surface area contributed by atoms with Crippen LogP contribution in [-0.2, 0) is 0 Å². The largest absolute Gasteiger partial charge is 0.356 e. The van der Waals surface area contributed by atoms with Crippen LogP contribution >= 0.6 is 0 Å². The molecular weight excluding hydrogens is 208 g/mol. The molecule has 84 valence electrons. The third-order valence-electron chi connectivity index (χ3n) is 2.14. The molecule has 16 heavy (non-hydrogen) atoms. The van der Waals surface area contributed by atoms with Crippen LogP contribution in [0, 0.1) is 21.4 Å². The van der Waals surface area contributed by atoms with E-state index in [4.69, 9.17) is 5.26 Å². The number of nitro groups is 1. The zero-order valence-electron chi connectivity index (χ0n) is 8.96. The molecule has 0 spiro atoms. The molecular formula is C10H12N4O2. The number of anilines is 1. The van der Waals surface area contributed by atoms with Crippen LogP contribution in [0.15, 0.2) is 18.3 Å². The van der Waals surface area contributed by atoms with Gasteiger partial charge in [-0.15, -0.1) is 0 Å². The topological polar surface area (TPSA) is 83.1 Å². The van der Waals surface area contributed by atoms with Crippen molar-refractivity contribution in [1.29, 1.82) is 5.26 Å². The highest BCUT2D eigenvalue weighted by atomic mass is 16.6. The average Bonchev–Trinajstić information content (AvgIpc) is 2.30. The zero-order chi connectivity index (χ0) is 12.0. The van der Waals surface area contributed by atoms with Crippen molar-refractivity contribution in [3.05, 3.63) is 28.4 Å². The Kier molecular flexibility index (Phi) is 4.21. The summed E-state index contributed by atoms with van der Waals surface area (Å²) in [6.45, 7) is 3.11. The number of nitriles is 1. The fourth-order valence-corrected chi connectivity index (χ4v) is 1.31. The third kappa shape index (κ3) is 2.92. The fraction of sp³-hybridized carbons (Fsp3) is 0.400. The van der Waals surface area contributed by atoms with Gasteiger partial charge in [-0.25, -0.2) is 4.98 Å². The van der Waals surface area contributed by atoms with E-state index in [1.54, 1.807) is 0 Å². The van der Waals surface area contributed by atoms with Gasteiger partial charge in [0.25, 0.3) is 5.69 Å². The molecule has 0 bridgehead atoms. The lowest BCUT2D eigenvalue weighted by Crippen LogP contribution is -2.24. The molecule has 1 aromatic heterocycles. The molecule has 0 radical (unpaired) electrons. The van der Waals surface area contributed by atoms with Gasteiger partial charge in [0.1, 0.15) is 5.82 Å². The first-order chi connectivity index (χ1) is 7.69. The van der Waals surface area contributed by atoms with Gasteiger partial charge in [-0.2, -0.15) is 5.26 Å². The Bertz CT molecular complexity index is 414. The average molecular weight is 220 g/mol. The SMILES string of the molecule is CCN(CCC#N)c1cc([N+](=O)[O-])ccn1. The van der Waals surface area contributed by atoms with E-state index in [-0.39, 0.29) is 5.69 Å². The summed E-state index contributed by atoms with van der Waals surface area (Å²) >= 11 is 0. The highest BCUT2D eigenvalue weighted by molar-refractivity contribution is 5.46. The van der Waals surface area contributed by atoms with Crippen LogP contribution < -0.4 is 4.90 Å². The predicted octanol–water partition coefficient (Wildman–Crippen LogP) is 1.73. The van der Waals surface area contributed by atoms with Crippen molar-refractivity contribution in [2.75, 3.05) is 18.0 Å². The molecule has 0 amide bonds. The zero-order valence-corrected chi connectivity index (χ0v) is 8.96. The highest BCUT2D eigenvalue weighted by Gasteiger charge is 2.11. The van der Waals surface area contributed by atoms with Gasteiger partial charge < -0.3 is 4.90 Å². The van der Waals surface area contributed by atoms with Crippen LogP contribution in [0.4, 0.5) is 11.5 Å². The third-order valence-corrected chi connectivity index (χ3v) is 2.14. The van der Waals surface area contributed by atoms with E-state index < -0.39 is 4.92 Å². The van der Waals surface area contributed by atoms with Gasteiger partial charge in [0.2, 0.25) is 0 Å². The Morgan fingerprint density at radius 3 is 3.00 bits per heavy atom. The first-order valence-electron chi connectivity index (χ1n) is 4.91. The maximum absolute atomic E-state index is 10.6. The summed E-state index contributed by atoms with van der Waals surface area (Å²) in [5, 5.41) is 19.1. The molecule has 0 fully saturated rings. The summed E-state index contributed by atoms with van der Waals surface area (Å²) in [4.78, 5) is 16.0. The van der Waals surface area contributed by atoms with E-state index in [0.717, 1.165) is 0 Å². The van der Waals surface area contributed by atoms with Crippen LogP contribution in [0.3, 0.4) is 0 Å². The molecule has 0 aliphatic rings. The minimum Gasteiger partial charge on any atom is -0.356 e. The Morgan fingerprint density at radius 2 is 2.44 bits per heavy atom. The normalized spacial score (nSPS) is 9.50. The summed E-state index contributed by atoms with van der Waals surface area (Å²) in [5.74, 6) is 0.534. The second-order valence-corrected chi connectivity index (χ2v) is 3.12. The summed E-state index contributed by atoms with van der Waals surface area (Å²) in [6, 6.07) is 4.80. The minimum absolute atomic E-state index is 0.0143. The van der Waals surface area contributed by atoms with E-state index in [1.807, 2.05) is 17.9 Å². The molecule has 0 aliphatic carbocycles. The molecule has 0 saturated heterocycles. The van der Waals surface area contributed by atoms with E-state index in [0.29, 0.717) is 25.3 Å². The van der Waals surface area contributed by atoms with E-state index in [1.165, 1.54) is 18.3 Å². The summed E-state index contributed by atoms with van der Waals surface area (Å²) in [5.41, 5.74) is 0.0143. The predicted molar refractivity (Wildman–Crippen MR) is 59.0 cm³/mol. The molecule has 0 saturated carbocycles. The Hall–Kier alpha value is -2.16. The lowest BCUT2D eigenvalue weighted by molar-refractivity contribution is -0.384. The fourth-order valence-electron chi connectivity index (χ4n) is 1.31. The van der Waals surface area contributed by atoms with Crippen LogP contribution in [0.25, 0.3) is 0 Å². The van der Waals surface area contributed by atoms with Gasteiger partial charge in [0.05, 0.1) is 23.5 Å². The molecule has 0 unspecified atom stereocenters. The van der Waals surface area contributed by atoms with Crippen molar-refractivity contribution in [3.8, 4) is 6.07 Å². The van der Waals surface area contributed by atoms with Crippen LogP contribution in [0.1, 0.15) is 13.3 Å². The first-order valence-corrected chi connectivity index (χ1v) is 4.91. The quantitative estimate of drug-likeness (QED) is 0.557. The standard InChI is InChI=1S/C10H12N4O2/c1-2-13(7-3-5-11)10-8-9(14(15)16)4-6-12-10/h4,6,8H,2-3,7H2,1H3. The van der Waals surface area contributed by atoms with Crippen molar-refractivity contribution in [1.82, 2.24) is 4.98 Å².